The largest absolute Gasteiger partial charge is 0.481 e. The van der Waals surface area contributed by atoms with Gasteiger partial charge in [-0.3, -0.25) is 62.3 Å². The van der Waals surface area contributed by atoms with Crippen molar-refractivity contribution < 1.29 is 92.7 Å². The summed E-state index contributed by atoms with van der Waals surface area (Å²) in [4.78, 5) is 196. The van der Waals surface area contributed by atoms with E-state index in [1.54, 1.807) is 58.2 Å². The Balaban J connectivity index is 1.80. The summed E-state index contributed by atoms with van der Waals surface area (Å²) >= 11 is 8.11. The van der Waals surface area contributed by atoms with Crippen molar-refractivity contribution in [1.29, 1.82) is 0 Å². The third-order valence-electron chi connectivity index (χ3n) is 14.4. The molecular weight excluding hydrogens is 1260 g/mol. The second-order valence-electron chi connectivity index (χ2n) is 22.5. The third-order valence-corrected chi connectivity index (χ3v) is 15.1. The van der Waals surface area contributed by atoms with Gasteiger partial charge in [-0.2, -0.15) is 25.3 Å². The number of benzene rings is 1. The summed E-state index contributed by atoms with van der Waals surface area (Å²) in [6.45, 7) is 7.09. The highest BCUT2D eigenvalue weighted by Gasteiger charge is 2.38. The van der Waals surface area contributed by atoms with E-state index in [2.05, 4.69) is 98.7 Å². The number of nitrogens with one attached hydrogen (secondary N) is 13. The average molecular weight is 1350 g/mol. The highest BCUT2D eigenvalue weighted by molar-refractivity contribution is 7.80. The molecule has 3 aromatic rings. The molecule has 0 saturated heterocycles. The summed E-state index contributed by atoms with van der Waals surface area (Å²) in [5.74, 6) is -18.0. The van der Waals surface area contributed by atoms with Crippen molar-refractivity contribution in [2.24, 2.45) is 23.5 Å². The number of thiol groups is 2. The number of carbonyl (C=O) groups is 14. The van der Waals surface area contributed by atoms with Crippen LogP contribution in [-0.4, -0.2) is 221 Å². The van der Waals surface area contributed by atoms with Crippen molar-refractivity contribution in [3.8, 4) is 0 Å². The first-order valence-electron chi connectivity index (χ1n) is 29.6. The number of aromatic nitrogens is 3. The molecule has 0 aliphatic heterocycles. The van der Waals surface area contributed by atoms with E-state index in [4.69, 9.17) is 5.73 Å². The first-order valence-corrected chi connectivity index (χ1v) is 30.8. The van der Waals surface area contributed by atoms with E-state index in [-0.39, 0.29) is 48.8 Å². The summed E-state index contributed by atoms with van der Waals surface area (Å²) in [5, 5.41) is 75.4. The van der Waals surface area contributed by atoms with Crippen molar-refractivity contribution in [2.75, 3.05) is 31.3 Å². The molecule has 34 nitrogen and oxygen atoms in total. The van der Waals surface area contributed by atoms with E-state index in [1.165, 1.54) is 26.4 Å². The number of carboxylic acids is 3. The molecule has 0 fully saturated rings. The zero-order valence-electron chi connectivity index (χ0n) is 52.0. The van der Waals surface area contributed by atoms with E-state index in [0.717, 1.165) is 0 Å². The molecule has 12 atom stereocenters. The first-order chi connectivity index (χ1) is 43.9. The summed E-state index contributed by atoms with van der Waals surface area (Å²) in [6, 6.07) is -10.2. The van der Waals surface area contributed by atoms with Gasteiger partial charge >= 0.3 is 17.9 Å². The van der Waals surface area contributed by atoms with Crippen LogP contribution < -0.4 is 64.2 Å². The molecule has 0 bridgehead atoms. The number of rotatable bonds is 41. The molecule has 0 spiro atoms. The van der Waals surface area contributed by atoms with E-state index >= 15 is 0 Å². The van der Waals surface area contributed by atoms with E-state index in [0.29, 0.717) is 16.5 Å². The molecular formula is C57H85N15O19S2. The van der Waals surface area contributed by atoms with Gasteiger partial charge < -0.3 is 99.7 Å². The van der Waals surface area contributed by atoms with E-state index in [9.17, 15) is 92.7 Å². The number of fused-ring (bicyclic) bond motifs is 1. The number of aliphatic carboxylic acids is 3. The fraction of sp³-hybridized carbons (Fsp3) is 0.561. The molecule has 0 aliphatic rings. The summed E-state index contributed by atoms with van der Waals surface area (Å²) < 4.78 is 0. The lowest BCUT2D eigenvalue weighted by Gasteiger charge is -2.29. The Morgan fingerprint density at radius 3 is 1.65 bits per heavy atom. The van der Waals surface area contributed by atoms with Gasteiger partial charge in [0.2, 0.25) is 65.0 Å². The molecule has 1 aromatic carbocycles. The number of aliphatic hydroxyl groups excluding tert-OH is 2. The highest BCUT2D eigenvalue weighted by Crippen LogP contribution is 2.20. The summed E-state index contributed by atoms with van der Waals surface area (Å²) in [5.41, 5.74) is 7.05. The lowest BCUT2D eigenvalue weighted by atomic mass is 9.96. The second-order valence-corrected chi connectivity index (χ2v) is 23.3. The lowest BCUT2D eigenvalue weighted by molar-refractivity contribution is -0.142. The van der Waals surface area contributed by atoms with Gasteiger partial charge in [0, 0.05) is 59.8 Å². The molecule has 0 unspecified atom stereocenters. The maximum absolute atomic E-state index is 14.1. The molecule has 0 radical (unpaired) electrons. The number of aromatic amines is 2. The van der Waals surface area contributed by atoms with Crippen molar-refractivity contribution in [1.82, 2.24) is 73.4 Å². The van der Waals surface area contributed by atoms with Gasteiger partial charge in [-0.1, -0.05) is 66.2 Å². The second kappa shape index (κ2) is 38.9. The Morgan fingerprint density at radius 2 is 1.09 bits per heavy atom. The van der Waals surface area contributed by atoms with Crippen molar-refractivity contribution >= 4 is 119 Å². The number of nitrogens with two attached hydrogens (primary N) is 1. The number of nitrogens with zero attached hydrogens (tertiary/aromatic N) is 1. The fourth-order valence-electron chi connectivity index (χ4n) is 9.00. The van der Waals surface area contributed by atoms with Crippen molar-refractivity contribution in [2.45, 2.75) is 153 Å². The molecule has 3 rings (SSSR count). The minimum absolute atomic E-state index is 0.0753. The van der Waals surface area contributed by atoms with Crippen LogP contribution in [0.4, 0.5) is 0 Å². The monoisotopic (exact) mass is 1350 g/mol. The molecule has 20 N–H and O–H groups in total. The van der Waals surface area contributed by atoms with Gasteiger partial charge in [0.15, 0.2) is 0 Å². The van der Waals surface area contributed by atoms with Crippen LogP contribution in [0.25, 0.3) is 10.9 Å². The normalized spacial score (nSPS) is 15.1. The number of hydrogen-bond donors (Lipinski definition) is 21. The van der Waals surface area contributed by atoms with Gasteiger partial charge in [-0.05, 0) is 42.2 Å². The van der Waals surface area contributed by atoms with Gasteiger partial charge in [0.1, 0.15) is 66.5 Å². The zero-order chi connectivity index (χ0) is 69.8. The maximum atomic E-state index is 14.1. The number of carboxylic acid groups (broad SMARTS) is 3. The Bertz CT molecular complexity index is 3100. The Hall–Kier alpha value is -8.87. The lowest BCUT2D eigenvalue weighted by Crippen LogP contribution is -2.62. The molecule has 2 aromatic heterocycles. The van der Waals surface area contributed by atoms with Crippen LogP contribution in [0.3, 0.4) is 0 Å². The zero-order valence-corrected chi connectivity index (χ0v) is 53.8. The average Bonchev–Trinajstić information content (AvgIpc) is 1.86. The molecule has 2 heterocycles. The minimum atomic E-state index is -2.01. The fourth-order valence-corrected chi connectivity index (χ4v) is 9.51. The van der Waals surface area contributed by atoms with Crippen LogP contribution in [-0.2, 0) is 80.0 Å². The Kier molecular flexibility index (Phi) is 32.7. The number of hydrogen-bond acceptors (Lipinski definition) is 20. The molecule has 11 amide bonds. The smallest absolute Gasteiger partial charge is 0.327 e. The number of amides is 11. The van der Waals surface area contributed by atoms with Gasteiger partial charge in [0.05, 0.1) is 32.5 Å². The first kappa shape index (κ1) is 78.4. The van der Waals surface area contributed by atoms with Crippen LogP contribution in [0.1, 0.15) is 84.9 Å². The number of carbonyl (C=O) groups excluding carboxylic acids is 11. The molecule has 36 heteroatoms. The van der Waals surface area contributed by atoms with Crippen LogP contribution in [0.5, 0.6) is 0 Å². The SMILES string of the molecule is CC[C@H](C)[C@H](NC(=O)[C@@H](NC(=O)[C@H](CO)NC(=O)[C@H](CC(=O)O)NC(=O)[C@H](Cc1cnc[nH]1)NC(=O)[C@H](CS)NC(=O)[C@H](CC(C)C)NC(=O)[C@@H](N)CO)C(C)C)C(=O)NCC(=O)N[C@@H](Cc1c[nH]c2ccccc12)C(=O)N[C@@H](CCC(=O)O)C(=O)N[C@@H](CS)C(=O)O. The number of aliphatic hydroxyl groups is 2. The van der Waals surface area contributed by atoms with Gasteiger partial charge in [0.25, 0.3) is 0 Å². The van der Waals surface area contributed by atoms with Gasteiger partial charge in [-0.25, -0.2) is 9.78 Å². The topological polar surface area (TPSA) is 543 Å². The number of imidazole rings is 1. The third kappa shape index (κ3) is 25.6. The number of para-hydroxylation sites is 1. The van der Waals surface area contributed by atoms with Crippen molar-refractivity contribution in [3.63, 3.8) is 0 Å². The predicted molar refractivity (Wildman–Crippen MR) is 337 cm³/mol. The standard InChI is InChI=1S/C57H85N15O19S2/c1-7-28(6)46(55(88)61-20-42(75)63-36(15-29-18-60-33-11-9-8-10-31(29)33)50(83)64-34(12-13-43(76)77)48(81)70-41(24-93)57(90)91)72-56(89)45(27(4)5)71-53(86)39(22-74)68-52(85)38(17-44(78)79)67-51(84)37(16-30-19-59-25-62-30)66-54(87)40(23-92)69-49(82)35(14-26(2)3)65-47(80)32(58)21-73/h8-11,18-19,25-28,32,34-41,45-46,60,73-74,92-93H,7,12-17,20-24,58H2,1-6H3,(H,59,62)(H,61,88)(H,63,75)(H,64,83)(H,65,80)(H,66,87)(H,67,84)(H,68,85)(H,69,82)(H,70,81)(H,71,86)(H,72,89)(H,76,77)(H,78,79)(H,90,91)/t28-,32-,34-,35-,36-,37-,38-,39-,40-,41-,45-,46-/m0/s1. The molecule has 514 valence electrons. The van der Waals surface area contributed by atoms with E-state index < -0.39 is 200 Å². The quantitative estimate of drug-likeness (QED) is 0.0237. The van der Waals surface area contributed by atoms with Crippen LogP contribution >= 0.6 is 25.3 Å². The van der Waals surface area contributed by atoms with E-state index in [1.807, 2.05) is 0 Å². The molecule has 0 saturated carbocycles. The maximum Gasteiger partial charge on any atom is 0.327 e. The van der Waals surface area contributed by atoms with Crippen molar-refractivity contribution in [3.05, 3.63) is 54.2 Å². The predicted octanol–water partition coefficient (Wildman–Crippen LogP) is -5.02. The Labute approximate surface area is 545 Å². The Morgan fingerprint density at radius 1 is 0.559 bits per heavy atom. The molecule has 0 aliphatic carbocycles. The highest BCUT2D eigenvalue weighted by atomic mass is 32.1. The van der Waals surface area contributed by atoms with Crippen LogP contribution in [0.15, 0.2) is 43.0 Å². The minimum Gasteiger partial charge on any atom is -0.481 e. The van der Waals surface area contributed by atoms with Crippen LogP contribution in [0, 0.1) is 17.8 Å². The van der Waals surface area contributed by atoms with Crippen LogP contribution in [0.2, 0.25) is 0 Å². The molecule has 93 heavy (non-hydrogen) atoms. The number of H-pyrrole nitrogens is 2. The summed E-state index contributed by atoms with van der Waals surface area (Å²) in [6.07, 6.45) is 1.63. The van der Waals surface area contributed by atoms with Gasteiger partial charge in [-0.15, -0.1) is 0 Å². The summed E-state index contributed by atoms with van der Waals surface area (Å²) in [7, 11) is 0.